The third kappa shape index (κ3) is 4.82. The van der Waals surface area contributed by atoms with Crippen LogP contribution in [-0.4, -0.2) is 26.6 Å². The maximum atomic E-state index is 12.7. The topological polar surface area (TPSA) is 66.5 Å². The van der Waals surface area contributed by atoms with Gasteiger partial charge in [0.1, 0.15) is 6.04 Å². The molecule has 0 heterocycles. The zero-order valence-electron chi connectivity index (χ0n) is 15.0. The molecule has 0 radical (unpaired) electrons. The molecule has 0 saturated heterocycles. The van der Waals surface area contributed by atoms with Gasteiger partial charge < -0.3 is 5.32 Å². The molecule has 1 atom stereocenters. The average Bonchev–Trinajstić information content (AvgIpc) is 2.54. The van der Waals surface area contributed by atoms with Gasteiger partial charge in [-0.2, -0.15) is 0 Å². The summed E-state index contributed by atoms with van der Waals surface area (Å²) < 4.78 is 25.9. The van der Waals surface area contributed by atoms with Gasteiger partial charge >= 0.3 is 0 Å². The predicted octanol–water partition coefficient (Wildman–Crippen LogP) is 3.49. The van der Waals surface area contributed by atoms with E-state index < -0.39 is 16.1 Å². The van der Waals surface area contributed by atoms with Crippen molar-refractivity contribution in [1.29, 1.82) is 0 Å². The molecular formula is C19H24N2O3S. The fourth-order valence-electron chi connectivity index (χ4n) is 2.61. The SMILES string of the molecule is CCC(C(=O)Nc1ccc(C)cc1)N(c1ccc(C)cc1)S(C)(=O)=O. The van der Waals surface area contributed by atoms with Crippen LogP contribution in [0.5, 0.6) is 0 Å². The number of sulfonamides is 1. The Morgan fingerprint density at radius 3 is 1.92 bits per heavy atom. The molecule has 0 fully saturated rings. The first kappa shape index (κ1) is 19.0. The number of aryl methyl sites for hydroxylation is 2. The summed E-state index contributed by atoms with van der Waals surface area (Å²) in [5, 5.41) is 2.81. The Bertz CT molecular complexity index is 828. The Hall–Kier alpha value is -2.34. The van der Waals surface area contributed by atoms with Gasteiger partial charge in [-0.1, -0.05) is 42.3 Å². The first-order valence-corrected chi connectivity index (χ1v) is 10.0. The summed E-state index contributed by atoms with van der Waals surface area (Å²) in [7, 11) is -3.61. The van der Waals surface area contributed by atoms with Crippen LogP contribution in [0.1, 0.15) is 24.5 Å². The van der Waals surface area contributed by atoms with Gasteiger partial charge in [0.15, 0.2) is 0 Å². The highest BCUT2D eigenvalue weighted by Gasteiger charge is 2.31. The van der Waals surface area contributed by atoms with E-state index in [1.807, 2.05) is 38.1 Å². The molecule has 2 aromatic rings. The van der Waals surface area contributed by atoms with Crippen molar-refractivity contribution < 1.29 is 13.2 Å². The summed E-state index contributed by atoms with van der Waals surface area (Å²) in [4.78, 5) is 12.7. The molecule has 25 heavy (non-hydrogen) atoms. The Morgan fingerprint density at radius 2 is 1.48 bits per heavy atom. The summed E-state index contributed by atoms with van der Waals surface area (Å²) in [5.74, 6) is -0.350. The van der Waals surface area contributed by atoms with Crippen LogP contribution in [-0.2, 0) is 14.8 Å². The van der Waals surface area contributed by atoms with E-state index in [9.17, 15) is 13.2 Å². The molecule has 0 spiro atoms. The lowest BCUT2D eigenvalue weighted by molar-refractivity contribution is -0.117. The zero-order valence-corrected chi connectivity index (χ0v) is 15.8. The molecule has 0 bridgehead atoms. The van der Waals surface area contributed by atoms with Crippen molar-refractivity contribution in [3.63, 3.8) is 0 Å². The largest absolute Gasteiger partial charge is 0.324 e. The van der Waals surface area contributed by atoms with Crippen LogP contribution in [0.2, 0.25) is 0 Å². The minimum atomic E-state index is -3.61. The molecule has 1 unspecified atom stereocenters. The van der Waals surface area contributed by atoms with Crippen LogP contribution in [0.4, 0.5) is 11.4 Å². The van der Waals surface area contributed by atoms with E-state index in [1.54, 1.807) is 31.2 Å². The number of anilines is 2. The molecule has 6 heteroatoms. The average molecular weight is 360 g/mol. The van der Waals surface area contributed by atoms with Crippen LogP contribution in [0.3, 0.4) is 0 Å². The second-order valence-electron chi connectivity index (χ2n) is 6.17. The Morgan fingerprint density at radius 1 is 1.00 bits per heavy atom. The fraction of sp³-hybridized carbons (Fsp3) is 0.316. The van der Waals surface area contributed by atoms with Crippen molar-refractivity contribution in [2.75, 3.05) is 15.9 Å². The number of carbonyl (C=O) groups excluding carboxylic acids is 1. The first-order valence-electron chi connectivity index (χ1n) is 8.16. The number of nitrogens with zero attached hydrogens (tertiary/aromatic N) is 1. The minimum absolute atomic E-state index is 0.350. The van der Waals surface area contributed by atoms with E-state index in [0.29, 0.717) is 17.8 Å². The van der Waals surface area contributed by atoms with Crippen molar-refractivity contribution in [2.45, 2.75) is 33.2 Å². The number of rotatable bonds is 6. The highest BCUT2D eigenvalue weighted by atomic mass is 32.2. The number of nitrogens with one attached hydrogen (secondary N) is 1. The van der Waals surface area contributed by atoms with E-state index in [0.717, 1.165) is 17.4 Å². The maximum Gasteiger partial charge on any atom is 0.248 e. The fourth-order valence-corrected chi connectivity index (χ4v) is 3.83. The van der Waals surface area contributed by atoms with Crippen molar-refractivity contribution in [2.24, 2.45) is 0 Å². The monoisotopic (exact) mass is 360 g/mol. The maximum absolute atomic E-state index is 12.7. The van der Waals surface area contributed by atoms with Crippen LogP contribution in [0.15, 0.2) is 48.5 Å². The highest BCUT2D eigenvalue weighted by Crippen LogP contribution is 2.23. The third-order valence-electron chi connectivity index (χ3n) is 3.94. The van der Waals surface area contributed by atoms with E-state index >= 15 is 0 Å². The normalized spacial score (nSPS) is 12.5. The number of carbonyl (C=O) groups is 1. The van der Waals surface area contributed by atoms with Crippen molar-refractivity contribution in [1.82, 2.24) is 0 Å². The molecular weight excluding hydrogens is 336 g/mol. The summed E-state index contributed by atoms with van der Waals surface area (Å²) in [6.07, 6.45) is 1.48. The molecule has 0 aliphatic carbocycles. The van der Waals surface area contributed by atoms with Gasteiger partial charge in [-0.15, -0.1) is 0 Å². The number of amides is 1. The second-order valence-corrected chi connectivity index (χ2v) is 8.03. The summed E-state index contributed by atoms with van der Waals surface area (Å²) in [5.41, 5.74) is 3.24. The molecule has 134 valence electrons. The van der Waals surface area contributed by atoms with Gasteiger partial charge in [-0.05, 0) is 44.5 Å². The Kier molecular flexibility index (Phi) is 5.85. The van der Waals surface area contributed by atoms with Crippen LogP contribution in [0, 0.1) is 13.8 Å². The molecule has 2 aromatic carbocycles. The quantitative estimate of drug-likeness (QED) is 0.857. The van der Waals surface area contributed by atoms with E-state index in [2.05, 4.69) is 5.32 Å². The van der Waals surface area contributed by atoms with Crippen LogP contribution >= 0.6 is 0 Å². The van der Waals surface area contributed by atoms with Crippen LogP contribution in [0.25, 0.3) is 0 Å². The van der Waals surface area contributed by atoms with Gasteiger partial charge in [0.05, 0.1) is 11.9 Å². The number of hydrogen-bond donors (Lipinski definition) is 1. The summed E-state index contributed by atoms with van der Waals surface area (Å²) in [6, 6.07) is 13.7. The van der Waals surface area contributed by atoms with Crippen molar-refractivity contribution in [3.8, 4) is 0 Å². The van der Waals surface area contributed by atoms with Gasteiger partial charge in [0, 0.05) is 5.69 Å². The van der Waals surface area contributed by atoms with Gasteiger partial charge in [0.25, 0.3) is 0 Å². The van der Waals surface area contributed by atoms with Crippen molar-refractivity contribution >= 4 is 27.3 Å². The predicted molar refractivity (Wildman–Crippen MR) is 102 cm³/mol. The minimum Gasteiger partial charge on any atom is -0.324 e. The molecule has 0 aliphatic heterocycles. The lowest BCUT2D eigenvalue weighted by Crippen LogP contribution is -2.47. The lowest BCUT2D eigenvalue weighted by Gasteiger charge is -2.30. The third-order valence-corrected chi connectivity index (χ3v) is 5.12. The van der Waals surface area contributed by atoms with Gasteiger partial charge in [-0.3, -0.25) is 9.10 Å². The molecule has 0 aromatic heterocycles. The van der Waals surface area contributed by atoms with Crippen molar-refractivity contribution in [3.05, 3.63) is 59.7 Å². The number of benzene rings is 2. The van der Waals surface area contributed by atoms with E-state index in [-0.39, 0.29) is 5.91 Å². The van der Waals surface area contributed by atoms with Gasteiger partial charge in [-0.25, -0.2) is 8.42 Å². The van der Waals surface area contributed by atoms with E-state index in [1.165, 1.54) is 4.31 Å². The molecule has 2 rings (SSSR count). The molecule has 5 nitrogen and oxygen atoms in total. The van der Waals surface area contributed by atoms with Gasteiger partial charge in [0.2, 0.25) is 15.9 Å². The summed E-state index contributed by atoms with van der Waals surface area (Å²) >= 11 is 0. The molecule has 0 aliphatic rings. The Balaban J connectivity index is 2.34. The lowest BCUT2D eigenvalue weighted by atomic mass is 10.1. The first-order chi connectivity index (χ1) is 11.7. The second kappa shape index (κ2) is 7.70. The van der Waals surface area contributed by atoms with Crippen LogP contribution < -0.4 is 9.62 Å². The zero-order chi connectivity index (χ0) is 18.6. The highest BCUT2D eigenvalue weighted by molar-refractivity contribution is 7.92. The van der Waals surface area contributed by atoms with E-state index in [4.69, 9.17) is 0 Å². The molecule has 1 amide bonds. The smallest absolute Gasteiger partial charge is 0.248 e. The number of hydrogen-bond acceptors (Lipinski definition) is 3. The standard InChI is InChI=1S/C19H24N2O3S/c1-5-18(19(22)20-16-10-6-14(2)7-11-16)21(25(4,23)24)17-12-8-15(3)9-13-17/h6-13,18H,5H2,1-4H3,(H,20,22). The Labute approximate surface area is 149 Å². The summed E-state index contributed by atoms with van der Waals surface area (Å²) in [6.45, 7) is 5.69. The molecule has 1 N–H and O–H groups in total. The molecule has 0 saturated carbocycles.